The lowest BCUT2D eigenvalue weighted by molar-refractivity contribution is -0.274. The summed E-state index contributed by atoms with van der Waals surface area (Å²) in [4.78, 5) is 2.16. The van der Waals surface area contributed by atoms with Crippen LogP contribution in [0, 0.1) is 11.7 Å². The normalized spacial score (nSPS) is 21.2. The van der Waals surface area contributed by atoms with Gasteiger partial charge in [-0.2, -0.15) is 0 Å². The van der Waals surface area contributed by atoms with E-state index < -0.39 is 12.2 Å². The van der Waals surface area contributed by atoms with Gasteiger partial charge in [-0.05, 0) is 30.5 Å². The van der Waals surface area contributed by atoms with Gasteiger partial charge in [0.25, 0.3) is 0 Å². The molecule has 0 unspecified atom stereocenters. The van der Waals surface area contributed by atoms with Crippen molar-refractivity contribution in [2.75, 3.05) is 26.2 Å². The van der Waals surface area contributed by atoms with E-state index in [9.17, 15) is 17.6 Å². The summed E-state index contributed by atoms with van der Waals surface area (Å²) >= 11 is 0. The van der Waals surface area contributed by atoms with E-state index in [1.807, 2.05) is 0 Å². The second-order valence-electron chi connectivity index (χ2n) is 6.21. The average Bonchev–Trinajstić information content (AvgIpc) is 3.31. The molecular weight excluding hydrogens is 312 g/mol. The molecule has 1 aliphatic carbocycles. The van der Waals surface area contributed by atoms with E-state index in [0.717, 1.165) is 57.6 Å². The van der Waals surface area contributed by atoms with Gasteiger partial charge in [-0.3, -0.25) is 4.90 Å². The van der Waals surface area contributed by atoms with Gasteiger partial charge in [-0.15, -0.1) is 13.2 Å². The molecule has 1 aliphatic heterocycles. The lowest BCUT2D eigenvalue weighted by atomic mass is 9.98. The molecule has 3 nitrogen and oxygen atoms in total. The fraction of sp³-hybridized carbons (Fsp3) is 0.625. The van der Waals surface area contributed by atoms with E-state index in [4.69, 9.17) is 0 Å². The van der Waals surface area contributed by atoms with Gasteiger partial charge < -0.3 is 10.1 Å². The Kier molecular flexibility index (Phi) is 4.77. The molecule has 0 radical (unpaired) electrons. The fourth-order valence-electron chi connectivity index (χ4n) is 3.11. The zero-order valence-corrected chi connectivity index (χ0v) is 12.7. The van der Waals surface area contributed by atoms with Crippen LogP contribution in [-0.2, 0) is 0 Å². The molecule has 1 saturated carbocycles. The Hall–Kier alpha value is -1.34. The average molecular weight is 332 g/mol. The molecule has 1 atom stereocenters. The topological polar surface area (TPSA) is 24.5 Å². The van der Waals surface area contributed by atoms with Gasteiger partial charge in [0.05, 0.1) is 0 Å². The molecular formula is C16H20F4N2O. The van der Waals surface area contributed by atoms with Crippen molar-refractivity contribution >= 4 is 0 Å². The zero-order chi connectivity index (χ0) is 16.4. The van der Waals surface area contributed by atoms with E-state index in [1.54, 1.807) is 0 Å². The maximum Gasteiger partial charge on any atom is 0.573 e. The molecule has 0 spiro atoms. The van der Waals surface area contributed by atoms with Crippen LogP contribution in [0.1, 0.15) is 30.9 Å². The number of piperazine rings is 1. The Balaban J connectivity index is 1.85. The second kappa shape index (κ2) is 6.65. The van der Waals surface area contributed by atoms with Crippen LogP contribution in [0.4, 0.5) is 17.6 Å². The Morgan fingerprint density at radius 1 is 1.22 bits per heavy atom. The van der Waals surface area contributed by atoms with Crippen molar-refractivity contribution in [1.29, 1.82) is 0 Å². The van der Waals surface area contributed by atoms with Crippen molar-refractivity contribution < 1.29 is 22.3 Å². The highest BCUT2D eigenvalue weighted by Crippen LogP contribution is 2.41. The highest BCUT2D eigenvalue weighted by Gasteiger charge is 2.34. The smallest absolute Gasteiger partial charge is 0.406 e. The van der Waals surface area contributed by atoms with Crippen LogP contribution in [0.25, 0.3) is 0 Å². The second-order valence-corrected chi connectivity index (χ2v) is 6.21. The summed E-state index contributed by atoms with van der Waals surface area (Å²) in [6, 6.07) is 3.11. The standard InChI is InChI=1S/C16H20F4N2O/c17-14-4-3-12(23-16(18,19)20)10-13(14)15(9-11-1-2-11)22-7-5-21-6-8-22/h3-4,10-11,15,21H,1-2,5-9H2/t15-/m0/s1. The number of alkyl halides is 3. The van der Waals surface area contributed by atoms with Crippen molar-refractivity contribution in [3.05, 3.63) is 29.6 Å². The summed E-state index contributed by atoms with van der Waals surface area (Å²) < 4.78 is 55.5. The van der Waals surface area contributed by atoms with Crippen molar-refractivity contribution in [2.45, 2.75) is 31.7 Å². The van der Waals surface area contributed by atoms with Crippen molar-refractivity contribution in [2.24, 2.45) is 5.92 Å². The van der Waals surface area contributed by atoms with Crippen LogP contribution in [0.5, 0.6) is 5.75 Å². The molecule has 0 amide bonds. The molecule has 2 fully saturated rings. The maximum atomic E-state index is 14.3. The minimum Gasteiger partial charge on any atom is -0.406 e. The molecule has 7 heteroatoms. The van der Waals surface area contributed by atoms with E-state index in [0.29, 0.717) is 11.5 Å². The molecule has 1 saturated heterocycles. The monoisotopic (exact) mass is 332 g/mol. The minimum absolute atomic E-state index is 0.193. The Morgan fingerprint density at radius 2 is 1.91 bits per heavy atom. The number of halogens is 4. The molecule has 0 bridgehead atoms. The highest BCUT2D eigenvalue weighted by molar-refractivity contribution is 5.32. The van der Waals surface area contributed by atoms with Gasteiger partial charge >= 0.3 is 6.36 Å². The van der Waals surface area contributed by atoms with E-state index >= 15 is 0 Å². The summed E-state index contributed by atoms with van der Waals surface area (Å²) in [7, 11) is 0. The first-order valence-corrected chi connectivity index (χ1v) is 7.92. The van der Waals surface area contributed by atoms with E-state index in [1.165, 1.54) is 6.07 Å². The van der Waals surface area contributed by atoms with Gasteiger partial charge in [0.1, 0.15) is 11.6 Å². The maximum absolute atomic E-state index is 14.3. The highest BCUT2D eigenvalue weighted by atomic mass is 19.4. The number of hydrogen-bond acceptors (Lipinski definition) is 3. The molecule has 3 rings (SSSR count). The predicted octanol–water partition coefficient (Wildman–Crippen LogP) is 3.47. The first kappa shape index (κ1) is 16.5. The zero-order valence-electron chi connectivity index (χ0n) is 12.7. The minimum atomic E-state index is -4.77. The Labute approximate surface area is 132 Å². The molecule has 1 aromatic rings. The lowest BCUT2D eigenvalue weighted by Gasteiger charge is -2.35. The molecule has 0 aromatic heterocycles. The van der Waals surface area contributed by atoms with Gasteiger partial charge in [0.2, 0.25) is 0 Å². The molecule has 23 heavy (non-hydrogen) atoms. The molecule has 128 valence electrons. The number of rotatable bonds is 5. The Bertz CT molecular complexity index is 539. The van der Waals surface area contributed by atoms with E-state index in [-0.39, 0.29) is 11.8 Å². The summed E-state index contributed by atoms with van der Waals surface area (Å²) in [6.07, 6.45) is -1.76. The summed E-state index contributed by atoms with van der Waals surface area (Å²) in [5.41, 5.74) is 0.306. The quantitative estimate of drug-likeness (QED) is 0.836. The molecule has 1 heterocycles. The number of nitrogens with zero attached hydrogens (tertiary/aromatic N) is 1. The van der Waals surface area contributed by atoms with Crippen LogP contribution in [0.15, 0.2) is 18.2 Å². The lowest BCUT2D eigenvalue weighted by Crippen LogP contribution is -2.45. The number of benzene rings is 1. The molecule has 1 N–H and O–H groups in total. The SMILES string of the molecule is Fc1ccc(OC(F)(F)F)cc1[C@H](CC1CC1)N1CCNCC1. The third-order valence-corrected chi connectivity index (χ3v) is 4.41. The van der Waals surface area contributed by atoms with Gasteiger partial charge in [0.15, 0.2) is 0 Å². The van der Waals surface area contributed by atoms with Crippen LogP contribution in [-0.4, -0.2) is 37.4 Å². The van der Waals surface area contributed by atoms with Crippen LogP contribution >= 0.6 is 0 Å². The van der Waals surface area contributed by atoms with Gasteiger partial charge in [-0.25, -0.2) is 4.39 Å². The first-order chi connectivity index (χ1) is 10.9. The van der Waals surface area contributed by atoms with Gasteiger partial charge in [-0.1, -0.05) is 12.8 Å². The summed E-state index contributed by atoms with van der Waals surface area (Å²) in [6.45, 7) is 3.14. The van der Waals surface area contributed by atoms with Crippen LogP contribution in [0.2, 0.25) is 0 Å². The van der Waals surface area contributed by atoms with Crippen LogP contribution < -0.4 is 10.1 Å². The Morgan fingerprint density at radius 3 is 2.52 bits per heavy atom. The van der Waals surface area contributed by atoms with E-state index in [2.05, 4.69) is 15.0 Å². The summed E-state index contributed by atoms with van der Waals surface area (Å²) in [5, 5.41) is 3.24. The van der Waals surface area contributed by atoms with Crippen molar-refractivity contribution in [3.63, 3.8) is 0 Å². The predicted molar refractivity (Wildman–Crippen MR) is 77.6 cm³/mol. The number of ether oxygens (including phenoxy) is 1. The summed E-state index contributed by atoms with van der Waals surface area (Å²) in [5.74, 6) is -0.282. The number of nitrogens with one attached hydrogen (secondary N) is 1. The van der Waals surface area contributed by atoms with Crippen molar-refractivity contribution in [3.8, 4) is 5.75 Å². The third-order valence-electron chi connectivity index (χ3n) is 4.41. The fourth-order valence-corrected chi connectivity index (χ4v) is 3.11. The molecule has 2 aliphatic rings. The first-order valence-electron chi connectivity index (χ1n) is 7.92. The van der Waals surface area contributed by atoms with Crippen molar-refractivity contribution in [1.82, 2.24) is 10.2 Å². The number of hydrogen-bond donors (Lipinski definition) is 1. The largest absolute Gasteiger partial charge is 0.573 e. The van der Waals surface area contributed by atoms with Gasteiger partial charge in [0, 0.05) is 37.8 Å². The van der Waals surface area contributed by atoms with Crippen LogP contribution in [0.3, 0.4) is 0 Å². The molecule has 1 aromatic carbocycles. The third kappa shape index (κ3) is 4.57.